The molecule has 0 amide bonds. The van der Waals surface area contributed by atoms with Crippen molar-refractivity contribution in [1.82, 2.24) is 4.98 Å². The third-order valence-electron chi connectivity index (χ3n) is 3.55. The summed E-state index contributed by atoms with van der Waals surface area (Å²) in [7, 11) is -3.61. The molecule has 0 unspecified atom stereocenters. The number of pyridine rings is 1. The predicted octanol–water partition coefficient (Wildman–Crippen LogP) is 4.61. The Morgan fingerprint density at radius 3 is 2.46 bits per heavy atom. The van der Waals surface area contributed by atoms with Crippen molar-refractivity contribution in [2.24, 2.45) is 0 Å². The van der Waals surface area contributed by atoms with E-state index >= 15 is 0 Å². The number of hydrogen-bond acceptors (Lipinski definition) is 3. The number of aromatic nitrogens is 1. The molecule has 1 aromatic heterocycles. The maximum absolute atomic E-state index is 14.2. The first-order chi connectivity index (χ1) is 11.4. The van der Waals surface area contributed by atoms with Crippen molar-refractivity contribution in [3.05, 3.63) is 71.6 Å². The number of halogens is 2. The zero-order valence-electron chi connectivity index (χ0n) is 12.7. The lowest BCUT2D eigenvalue weighted by atomic mass is 9.99. The van der Waals surface area contributed by atoms with Crippen LogP contribution >= 0.6 is 11.6 Å². The Hall–Kier alpha value is -2.24. The van der Waals surface area contributed by atoms with Crippen molar-refractivity contribution in [2.75, 3.05) is 6.26 Å². The molecular weight excluding hydrogens is 349 g/mol. The summed E-state index contributed by atoms with van der Waals surface area (Å²) in [4.78, 5) is 4.00. The van der Waals surface area contributed by atoms with Gasteiger partial charge in [-0.3, -0.25) is 4.98 Å². The monoisotopic (exact) mass is 361 g/mol. The van der Waals surface area contributed by atoms with Gasteiger partial charge in [-0.25, -0.2) is 12.8 Å². The summed E-state index contributed by atoms with van der Waals surface area (Å²) in [6.45, 7) is 0. The molecule has 0 spiro atoms. The van der Waals surface area contributed by atoms with Crippen LogP contribution < -0.4 is 0 Å². The highest BCUT2D eigenvalue weighted by Gasteiger charge is 2.16. The summed E-state index contributed by atoms with van der Waals surface area (Å²) in [5.41, 5.74) is 2.68. The lowest BCUT2D eigenvalue weighted by Gasteiger charge is -2.10. The molecule has 0 atom stereocenters. The topological polar surface area (TPSA) is 47.0 Å². The van der Waals surface area contributed by atoms with Crippen molar-refractivity contribution >= 4 is 21.4 Å². The van der Waals surface area contributed by atoms with Crippen LogP contribution in [0.1, 0.15) is 0 Å². The van der Waals surface area contributed by atoms with Gasteiger partial charge in [-0.05, 0) is 35.9 Å². The third-order valence-corrected chi connectivity index (χ3v) is 4.91. The van der Waals surface area contributed by atoms with Crippen LogP contribution in [0.15, 0.2) is 65.7 Å². The van der Waals surface area contributed by atoms with Gasteiger partial charge in [-0.1, -0.05) is 35.9 Å². The molecule has 2 aromatic carbocycles. The minimum atomic E-state index is -3.61. The average molecular weight is 362 g/mol. The molecule has 0 saturated carbocycles. The third kappa shape index (κ3) is 3.32. The lowest BCUT2D eigenvalue weighted by Crippen LogP contribution is -2.01. The minimum Gasteiger partial charge on any atom is -0.256 e. The van der Waals surface area contributed by atoms with E-state index in [0.29, 0.717) is 16.3 Å². The Balaban J connectivity index is 2.16. The standard InChI is InChI=1S/C18H13ClFNO2S/c1-24(22,23)17-8-7-13(11-16(17)20)18-15(6-3-9-21-18)12-4-2-5-14(19)10-12/h2-11H,1H3. The maximum atomic E-state index is 14.2. The number of nitrogens with zero attached hydrogens (tertiary/aromatic N) is 1. The van der Waals surface area contributed by atoms with E-state index in [2.05, 4.69) is 4.98 Å². The van der Waals surface area contributed by atoms with Gasteiger partial charge >= 0.3 is 0 Å². The Bertz CT molecular complexity index is 1020. The largest absolute Gasteiger partial charge is 0.256 e. The number of rotatable bonds is 3. The molecule has 1 heterocycles. The fourth-order valence-corrected chi connectivity index (χ4v) is 3.39. The van der Waals surface area contributed by atoms with E-state index in [0.717, 1.165) is 17.4 Å². The van der Waals surface area contributed by atoms with Gasteiger partial charge in [0, 0.05) is 28.6 Å². The van der Waals surface area contributed by atoms with Crippen LogP contribution in [-0.4, -0.2) is 19.7 Å². The second kappa shape index (κ2) is 6.34. The molecule has 122 valence electrons. The van der Waals surface area contributed by atoms with E-state index < -0.39 is 15.7 Å². The smallest absolute Gasteiger partial charge is 0.178 e. The zero-order valence-corrected chi connectivity index (χ0v) is 14.3. The Labute approximate surface area is 144 Å². The Kier molecular flexibility index (Phi) is 4.39. The van der Waals surface area contributed by atoms with Crippen molar-refractivity contribution in [3.8, 4) is 22.4 Å². The quantitative estimate of drug-likeness (QED) is 0.684. The van der Waals surface area contributed by atoms with E-state index in [1.807, 2.05) is 18.2 Å². The molecule has 6 heteroatoms. The summed E-state index contributed by atoms with van der Waals surface area (Å²) in [6.07, 6.45) is 2.58. The van der Waals surface area contributed by atoms with E-state index in [-0.39, 0.29) is 4.90 Å². The van der Waals surface area contributed by atoms with Crippen LogP contribution in [-0.2, 0) is 9.84 Å². The molecule has 3 aromatic rings. The first kappa shape index (κ1) is 16.6. The summed E-state index contributed by atoms with van der Waals surface area (Å²) >= 11 is 6.04. The highest BCUT2D eigenvalue weighted by molar-refractivity contribution is 7.90. The molecule has 0 aliphatic rings. The summed E-state index contributed by atoms with van der Waals surface area (Å²) < 4.78 is 37.3. The summed E-state index contributed by atoms with van der Waals surface area (Å²) in [6, 6.07) is 14.9. The summed E-state index contributed by atoms with van der Waals surface area (Å²) in [5, 5.41) is 0.584. The van der Waals surface area contributed by atoms with Gasteiger partial charge in [0.15, 0.2) is 9.84 Å². The highest BCUT2D eigenvalue weighted by Crippen LogP contribution is 2.32. The van der Waals surface area contributed by atoms with Gasteiger partial charge in [0.05, 0.1) is 5.69 Å². The second-order valence-electron chi connectivity index (χ2n) is 5.33. The molecule has 0 aliphatic heterocycles. The van der Waals surface area contributed by atoms with Crippen molar-refractivity contribution < 1.29 is 12.8 Å². The van der Waals surface area contributed by atoms with Crippen LogP contribution in [0.5, 0.6) is 0 Å². The molecule has 3 nitrogen and oxygen atoms in total. The number of hydrogen-bond donors (Lipinski definition) is 0. The predicted molar refractivity (Wildman–Crippen MR) is 93.2 cm³/mol. The number of sulfone groups is 1. The average Bonchev–Trinajstić information content (AvgIpc) is 2.53. The maximum Gasteiger partial charge on any atom is 0.178 e. The Morgan fingerprint density at radius 1 is 1.00 bits per heavy atom. The van der Waals surface area contributed by atoms with Gasteiger partial charge < -0.3 is 0 Å². The van der Waals surface area contributed by atoms with E-state index in [1.165, 1.54) is 12.1 Å². The van der Waals surface area contributed by atoms with Gasteiger partial charge in [0.1, 0.15) is 10.7 Å². The van der Waals surface area contributed by atoms with Crippen LogP contribution in [0.2, 0.25) is 5.02 Å². The normalized spacial score (nSPS) is 11.5. The van der Waals surface area contributed by atoms with Crippen LogP contribution in [0.25, 0.3) is 22.4 Å². The van der Waals surface area contributed by atoms with Crippen molar-refractivity contribution in [2.45, 2.75) is 4.90 Å². The number of benzene rings is 2. The van der Waals surface area contributed by atoms with Gasteiger partial charge in [-0.15, -0.1) is 0 Å². The van der Waals surface area contributed by atoms with Gasteiger partial charge in [0.25, 0.3) is 0 Å². The fourth-order valence-electron chi connectivity index (χ4n) is 2.47. The zero-order chi connectivity index (χ0) is 17.3. The van der Waals surface area contributed by atoms with Gasteiger partial charge in [-0.2, -0.15) is 0 Å². The van der Waals surface area contributed by atoms with Crippen molar-refractivity contribution in [1.29, 1.82) is 0 Å². The molecule has 0 N–H and O–H groups in total. The lowest BCUT2D eigenvalue weighted by molar-refractivity contribution is 0.571. The first-order valence-corrected chi connectivity index (χ1v) is 9.34. The molecule has 0 radical (unpaired) electrons. The summed E-state index contributed by atoms with van der Waals surface area (Å²) in [5.74, 6) is -0.794. The SMILES string of the molecule is CS(=O)(=O)c1ccc(-c2ncccc2-c2cccc(Cl)c2)cc1F. The second-order valence-corrected chi connectivity index (χ2v) is 7.75. The van der Waals surface area contributed by atoms with Crippen LogP contribution in [0, 0.1) is 5.82 Å². The molecule has 24 heavy (non-hydrogen) atoms. The minimum absolute atomic E-state index is 0.327. The van der Waals surface area contributed by atoms with Crippen LogP contribution in [0.4, 0.5) is 4.39 Å². The Morgan fingerprint density at radius 2 is 1.79 bits per heavy atom. The molecule has 3 rings (SSSR count). The van der Waals surface area contributed by atoms with E-state index in [4.69, 9.17) is 11.6 Å². The van der Waals surface area contributed by atoms with E-state index in [1.54, 1.807) is 30.5 Å². The fraction of sp³-hybridized carbons (Fsp3) is 0.0556. The molecule has 0 fully saturated rings. The first-order valence-electron chi connectivity index (χ1n) is 7.07. The molecule has 0 bridgehead atoms. The van der Waals surface area contributed by atoms with Gasteiger partial charge in [0.2, 0.25) is 0 Å². The van der Waals surface area contributed by atoms with Crippen molar-refractivity contribution in [3.63, 3.8) is 0 Å². The molecule has 0 saturated heterocycles. The van der Waals surface area contributed by atoms with Crippen LogP contribution in [0.3, 0.4) is 0 Å². The van der Waals surface area contributed by atoms with E-state index in [9.17, 15) is 12.8 Å². The molecule has 0 aliphatic carbocycles. The molecular formula is C18H13ClFNO2S. The highest BCUT2D eigenvalue weighted by atomic mass is 35.5.